The number of ketones is 1. The van der Waals surface area contributed by atoms with Crippen molar-refractivity contribution >= 4 is 37.7 Å². The molecule has 0 unspecified atom stereocenters. The van der Waals surface area contributed by atoms with Crippen molar-refractivity contribution in [3.8, 4) is 5.69 Å². The summed E-state index contributed by atoms with van der Waals surface area (Å²) in [6.45, 7) is 3.21. The van der Waals surface area contributed by atoms with Gasteiger partial charge >= 0.3 is 5.97 Å². The number of aromatic nitrogens is 1. The van der Waals surface area contributed by atoms with Crippen LogP contribution in [0.25, 0.3) is 5.69 Å². The molecule has 0 aliphatic carbocycles. The van der Waals surface area contributed by atoms with Crippen LogP contribution in [0.5, 0.6) is 0 Å². The van der Waals surface area contributed by atoms with Gasteiger partial charge in [-0.25, -0.2) is 18.4 Å². The zero-order valence-corrected chi connectivity index (χ0v) is 18.7. The summed E-state index contributed by atoms with van der Waals surface area (Å²) in [4.78, 5) is 24.8. The van der Waals surface area contributed by atoms with Crippen LogP contribution in [0.15, 0.2) is 64.0 Å². The van der Waals surface area contributed by atoms with Gasteiger partial charge in [-0.05, 0) is 68.4 Å². The van der Waals surface area contributed by atoms with Crippen LogP contribution in [0.2, 0.25) is 0 Å². The average Bonchev–Trinajstić information content (AvgIpc) is 3.00. The number of sulfonamides is 1. The maximum atomic E-state index is 12.6. The fourth-order valence-corrected chi connectivity index (χ4v) is 3.89. The third-order valence-corrected chi connectivity index (χ3v) is 6.03. The van der Waals surface area contributed by atoms with E-state index in [1.54, 1.807) is 49.4 Å². The van der Waals surface area contributed by atoms with Crippen LogP contribution in [0, 0.1) is 13.8 Å². The minimum absolute atomic E-state index is 0.00451. The maximum absolute atomic E-state index is 12.6. The summed E-state index contributed by atoms with van der Waals surface area (Å²) >= 11 is 3.29. The molecular formula is C21H19BrN2O5S. The van der Waals surface area contributed by atoms with Gasteiger partial charge in [0.05, 0.1) is 10.5 Å². The summed E-state index contributed by atoms with van der Waals surface area (Å²) in [7, 11) is -3.79. The molecule has 0 atom stereocenters. The van der Waals surface area contributed by atoms with Gasteiger partial charge in [-0.15, -0.1) is 0 Å². The molecule has 3 aromatic rings. The van der Waals surface area contributed by atoms with Gasteiger partial charge in [0.2, 0.25) is 15.8 Å². The molecule has 0 aliphatic rings. The van der Waals surface area contributed by atoms with Crippen molar-refractivity contribution in [2.45, 2.75) is 18.7 Å². The molecule has 0 fully saturated rings. The fourth-order valence-electron chi connectivity index (χ4n) is 3.11. The molecule has 1 aromatic heterocycles. The van der Waals surface area contributed by atoms with E-state index in [0.717, 1.165) is 10.2 Å². The number of hydrogen-bond donors (Lipinski definition) is 1. The van der Waals surface area contributed by atoms with E-state index >= 15 is 0 Å². The van der Waals surface area contributed by atoms with Crippen LogP contribution >= 0.6 is 15.9 Å². The lowest BCUT2D eigenvalue weighted by molar-refractivity contribution is 0.0474. The molecule has 30 heavy (non-hydrogen) atoms. The van der Waals surface area contributed by atoms with Crippen LogP contribution in [-0.4, -0.2) is 31.3 Å². The molecule has 0 saturated carbocycles. The Morgan fingerprint density at radius 3 is 2.20 bits per heavy atom. The summed E-state index contributed by atoms with van der Waals surface area (Å²) in [5.74, 6) is -0.913. The van der Waals surface area contributed by atoms with E-state index in [1.165, 1.54) is 12.1 Å². The smallest absolute Gasteiger partial charge is 0.338 e. The average molecular weight is 491 g/mol. The molecule has 0 amide bonds. The second kappa shape index (κ2) is 8.55. The molecule has 3 rings (SSSR count). The number of aryl methyl sites for hydroxylation is 1. The highest BCUT2D eigenvalue weighted by atomic mass is 79.9. The minimum Gasteiger partial charge on any atom is -0.454 e. The van der Waals surface area contributed by atoms with Gasteiger partial charge in [-0.1, -0.05) is 15.9 Å². The Morgan fingerprint density at radius 2 is 1.63 bits per heavy atom. The van der Waals surface area contributed by atoms with Gasteiger partial charge in [0.25, 0.3) is 0 Å². The number of carbonyl (C=O) groups is 2. The predicted octanol–water partition coefficient (Wildman–Crippen LogP) is 3.54. The third-order valence-electron chi connectivity index (χ3n) is 4.57. The van der Waals surface area contributed by atoms with Gasteiger partial charge in [0.15, 0.2) is 6.61 Å². The third kappa shape index (κ3) is 4.69. The molecule has 2 aromatic carbocycles. The van der Waals surface area contributed by atoms with Gasteiger partial charge in [-0.3, -0.25) is 4.79 Å². The van der Waals surface area contributed by atoms with Crippen molar-refractivity contribution in [1.29, 1.82) is 0 Å². The highest BCUT2D eigenvalue weighted by Crippen LogP contribution is 2.22. The number of nitrogens with zero attached hydrogens (tertiary/aromatic N) is 1. The van der Waals surface area contributed by atoms with Crippen molar-refractivity contribution in [1.82, 2.24) is 4.57 Å². The molecule has 1 heterocycles. The number of rotatable bonds is 6. The Bertz CT molecular complexity index is 1210. The van der Waals surface area contributed by atoms with Gasteiger partial charge in [0, 0.05) is 27.1 Å². The quantitative estimate of drug-likeness (QED) is 0.419. The first-order valence-electron chi connectivity index (χ1n) is 8.86. The Balaban J connectivity index is 1.78. The number of nitrogens with two attached hydrogens (primary N) is 1. The fraction of sp³-hybridized carbons (Fsp3) is 0.143. The van der Waals surface area contributed by atoms with Gasteiger partial charge < -0.3 is 9.30 Å². The number of hydrogen-bond acceptors (Lipinski definition) is 5. The van der Waals surface area contributed by atoms with E-state index in [9.17, 15) is 18.0 Å². The van der Waals surface area contributed by atoms with Crippen LogP contribution in [0.4, 0.5) is 0 Å². The molecule has 9 heteroatoms. The molecule has 0 radical (unpaired) electrons. The Kier molecular flexibility index (Phi) is 6.25. The highest BCUT2D eigenvalue weighted by molar-refractivity contribution is 9.10. The number of halogens is 1. The number of esters is 1. The van der Waals surface area contributed by atoms with Crippen LogP contribution < -0.4 is 5.14 Å². The molecule has 2 N–H and O–H groups in total. The summed E-state index contributed by atoms with van der Waals surface area (Å²) in [5, 5.41) is 5.13. The molecule has 0 spiro atoms. The SMILES string of the molecule is Cc1cc(C(=O)COC(=O)c2ccc(Br)cc2)c(C)n1-c1ccc(S(N)(=O)=O)cc1. The van der Waals surface area contributed by atoms with Crippen molar-refractivity contribution in [3.05, 3.63) is 81.6 Å². The van der Waals surface area contributed by atoms with E-state index in [0.29, 0.717) is 22.5 Å². The Hall–Kier alpha value is -2.75. The lowest BCUT2D eigenvalue weighted by Crippen LogP contribution is -2.15. The lowest BCUT2D eigenvalue weighted by Gasteiger charge is -2.10. The second-order valence-corrected chi connectivity index (χ2v) is 9.14. The van der Waals surface area contributed by atoms with Crippen molar-refractivity contribution < 1.29 is 22.7 Å². The highest BCUT2D eigenvalue weighted by Gasteiger charge is 2.19. The van der Waals surface area contributed by atoms with Crippen LogP contribution in [0.1, 0.15) is 32.1 Å². The van der Waals surface area contributed by atoms with Crippen molar-refractivity contribution in [3.63, 3.8) is 0 Å². The number of carbonyl (C=O) groups excluding carboxylic acids is 2. The van der Waals surface area contributed by atoms with E-state index in [1.807, 2.05) is 11.5 Å². The monoisotopic (exact) mass is 490 g/mol. The first-order chi connectivity index (χ1) is 14.1. The Morgan fingerprint density at radius 1 is 1.03 bits per heavy atom. The van der Waals surface area contributed by atoms with Crippen molar-refractivity contribution in [2.24, 2.45) is 5.14 Å². The van der Waals surface area contributed by atoms with E-state index in [4.69, 9.17) is 9.88 Å². The maximum Gasteiger partial charge on any atom is 0.338 e. The molecule has 0 aliphatic heterocycles. The number of benzene rings is 2. The van der Waals surface area contributed by atoms with E-state index in [-0.39, 0.29) is 17.3 Å². The van der Waals surface area contributed by atoms with Crippen LogP contribution in [0.3, 0.4) is 0 Å². The molecular weight excluding hydrogens is 472 g/mol. The largest absolute Gasteiger partial charge is 0.454 e. The first kappa shape index (κ1) is 21.9. The second-order valence-electron chi connectivity index (χ2n) is 6.67. The zero-order chi connectivity index (χ0) is 22.1. The standard InChI is InChI=1S/C21H19BrN2O5S/c1-13-11-19(20(25)12-29-21(26)15-3-5-16(22)6-4-15)14(2)24(13)17-7-9-18(10-8-17)30(23,27)28/h3-11H,12H2,1-2H3,(H2,23,27,28). The predicted molar refractivity (Wildman–Crippen MR) is 115 cm³/mol. The number of Topliss-reactive ketones (excluding diaryl/α,β-unsaturated/α-hetero) is 1. The number of primary sulfonamides is 1. The molecule has 156 valence electrons. The lowest BCUT2D eigenvalue weighted by atomic mass is 10.1. The zero-order valence-electron chi connectivity index (χ0n) is 16.3. The van der Waals surface area contributed by atoms with Gasteiger partial charge in [0.1, 0.15) is 0 Å². The minimum atomic E-state index is -3.79. The summed E-state index contributed by atoms with van der Waals surface area (Å²) < 4.78 is 30.7. The summed E-state index contributed by atoms with van der Waals surface area (Å²) in [5.41, 5.74) is 2.89. The van der Waals surface area contributed by atoms with E-state index in [2.05, 4.69) is 15.9 Å². The van der Waals surface area contributed by atoms with Crippen LogP contribution in [-0.2, 0) is 14.8 Å². The summed E-state index contributed by atoms with van der Waals surface area (Å²) in [6, 6.07) is 14.4. The first-order valence-corrected chi connectivity index (χ1v) is 11.2. The molecule has 0 saturated heterocycles. The normalized spacial score (nSPS) is 11.3. The number of ether oxygens (including phenoxy) is 1. The molecule has 7 nitrogen and oxygen atoms in total. The van der Waals surface area contributed by atoms with Gasteiger partial charge in [-0.2, -0.15) is 0 Å². The topological polar surface area (TPSA) is 108 Å². The Labute approximate surface area is 182 Å². The molecule has 0 bridgehead atoms. The van der Waals surface area contributed by atoms with Crippen molar-refractivity contribution in [2.75, 3.05) is 6.61 Å². The van der Waals surface area contributed by atoms with E-state index < -0.39 is 16.0 Å². The summed E-state index contributed by atoms with van der Waals surface area (Å²) in [6.07, 6.45) is 0.